The smallest absolute Gasteiger partial charge is 0.104 e. The number of aliphatic hydroxyl groups is 1. The summed E-state index contributed by atoms with van der Waals surface area (Å²) >= 11 is 0. The van der Waals surface area contributed by atoms with Gasteiger partial charge in [-0.1, -0.05) is 42.0 Å². The Balaban J connectivity index is 2.27. The number of hydrogen-bond donors (Lipinski definition) is 1. The number of rotatable bonds is 2. The molecule has 0 aliphatic rings. The molecular formula is C15H13NO. The lowest BCUT2D eigenvalue weighted by atomic mass is 10.00. The van der Waals surface area contributed by atoms with E-state index < -0.39 is 6.10 Å². The van der Waals surface area contributed by atoms with Crippen molar-refractivity contribution in [1.29, 1.82) is 5.26 Å². The van der Waals surface area contributed by atoms with Gasteiger partial charge in [0.15, 0.2) is 0 Å². The summed E-state index contributed by atoms with van der Waals surface area (Å²) in [5.41, 5.74) is 3.43. The van der Waals surface area contributed by atoms with Crippen molar-refractivity contribution in [1.82, 2.24) is 0 Å². The summed E-state index contributed by atoms with van der Waals surface area (Å²) in [5.74, 6) is 0. The van der Waals surface area contributed by atoms with E-state index in [9.17, 15) is 5.11 Å². The van der Waals surface area contributed by atoms with Gasteiger partial charge in [0.1, 0.15) is 6.10 Å². The van der Waals surface area contributed by atoms with E-state index in [2.05, 4.69) is 6.07 Å². The molecule has 0 radical (unpaired) electrons. The topological polar surface area (TPSA) is 44.0 Å². The maximum atomic E-state index is 10.2. The predicted molar refractivity (Wildman–Crippen MR) is 66.4 cm³/mol. The summed E-state index contributed by atoms with van der Waals surface area (Å²) in [6.45, 7) is 2.01. The van der Waals surface area contributed by atoms with Gasteiger partial charge in [0.25, 0.3) is 0 Å². The maximum absolute atomic E-state index is 10.2. The lowest BCUT2D eigenvalue weighted by molar-refractivity contribution is 0.220. The highest BCUT2D eigenvalue weighted by atomic mass is 16.3. The average molecular weight is 223 g/mol. The molecule has 0 heterocycles. The molecule has 84 valence electrons. The molecular weight excluding hydrogens is 210 g/mol. The van der Waals surface area contributed by atoms with Gasteiger partial charge in [0, 0.05) is 0 Å². The molecule has 0 bridgehead atoms. The first-order valence-electron chi connectivity index (χ1n) is 5.45. The first kappa shape index (κ1) is 11.4. The fraction of sp³-hybridized carbons (Fsp3) is 0.133. The maximum Gasteiger partial charge on any atom is 0.104 e. The highest BCUT2D eigenvalue weighted by molar-refractivity contribution is 5.36. The van der Waals surface area contributed by atoms with E-state index in [1.54, 1.807) is 24.3 Å². The molecule has 1 unspecified atom stereocenters. The van der Waals surface area contributed by atoms with Crippen LogP contribution in [0.3, 0.4) is 0 Å². The van der Waals surface area contributed by atoms with Gasteiger partial charge in [0.05, 0.1) is 11.6 Å². The Morgan fingerprint density at radius 2 is 1.41 bits per heavy atom. The van der Waals surface area contributed by atoms with Crippen molar-refractivity contribution >= 4 is 0 Å². The van der Waals surface area contributed by atoms with Crippen LogP contribution in [0, 0.1) is 18.3 Å². The summed E-state index contributed by atoms with van der Waals surface area (Å²) in [5, 5.41) is 18.9. The van der Waals surface area contributed by atoms with E-state index in [4.69, 9.17) is 5.26 Å². The number of aryl methyl sites for hydroxylation is 1. The minimum atomic E-state index is -0.636. The number of aliphatic hydroxyl groups excluding tert-OH is 1. The largest absolute Gasteiger partial charge is 0.384 e. The van der Waals surface area contributed by atoms with Gasteiger partial charge in [-0.05, 0) is 30.2 Å². The van der Waals surface area contributed by atoms with Crippen molar-refractivity contribution in [2.45, 2.75) is 13.0 Å². The molecule has 2 heteroatoms. The van der Waals surface area contributed by atoms with E-state index in [0.29, 0.717) is 5.56 Å². The van der Waals surface area contributed by atoms with E-state index in [1.807, 2.05) is 31.2 Å². The van der Waals surface area contributed by atoms with Crippen molar-refractivity contribution in [3.8, 4) is 6.07 Å². The average Bonchev–Trinajstić information content (AvgIpc) is 2.39. The molecule has 2 nitrogen and oxygen atoms in total. The van der Waals surface area contributed by atoms with Gasteiger partial charge in [0.2, 0.25) is 0 Å². The van der Waals surface area contributed by atoms with Crippen LogP contribution in [0.2, 0.25) is 0 Å². The number of nitriles is 1. The molecule has 0 saturated carbocycles. The lowest BCUT2D eigenvalue weighted by Gasteiger charge is -2.11. The van der Waals surface area contributed by atoms with Crippen LogP contribution in [0.25, 0.3) is 0 Å². The van der Waals surface area contributed by atoms with Gasteiger partial charge >= 0.3 is 0 Å². The van der Waals surface area contributed by atoms with Crippen LogP contribution in [0.1, 0.15) is 28.4 Å². The van der Waals surface area contributed by atoms with E-state index in [1.165, 1.54) is 5.56 Å². The van der Waals surface area contributed by atoms with Crippen molar-refractivity contribution < 1.29 is 5.11 Å². The quantitative estimate of drug-likeness (QED) is 0.850. The second-order valence-corrected chi connectivity index (χ2v) is 4.05. The third-order valence-electron chi connectivity index (χ3n) is 2.75. The minimum Gasteiger partial charge on any atom is -0.384 e. The van der Waals surface area contributed by atoms with E-state index in [-0.39, 0.29) is 0 Å². The molecule has 2 aromatic rings. The lowest BCUT2D eigenvalue weighted by Crippen LogP contribution is -1.99. The third-order valence-corrected chi connectivity index (χ3v) is 2.75. The summed E-state index contributed by atoms with van der Waals surface area (Å²) in [6.07, 6.45) is -0.636. The zero-order chi connectivity index (χ0) is 12.3. The fourth-order valence-electron chi connectivity index (χ4n) is 1.68. The zero-order valence-electron chi connectivity index (χ0n) is 9.59. The van der Waals surface area contributed by atoms with Gasteiger partial charge in [-0.15, -0.1) is 0 Å². The molecule has 2 rings (SSSR count). The summed E-state index contributed by atoms with van der Waals surface area (Å²) < 4.78 is 0. The molecule has 0 aromatic heterocycles. The molecule has 0 saturated heterocycles. The molecule has 0 aliphatic heterocycles. The van der Waals surface area contributed by atoms with Gasteiger partial charge in [-0.2, -0.15) is 5.26 Å². The summed E-state index contributed by atoms with van der Waals surface area (Å²) in [6, 6.07) is 16.8. The van der Waals surface area contributed by atoms with Crippen LogP contribution in [-0.4, -0.2) is 5.11 Å². The molecule has 17 heavy (non-hydrogen) atoms. The molecule has 1 N–H and O–H groups in total. The standard InChI is InChI=1S/C15H13NO/c1-11-2-6-13(7-3-11)15(17)14-8-4-12(10-16)5-9-14/h2-9,15,17H,1H3. The first-order valence-corrected chi connectivity index (χ1v) is 5.45. The van der Waals surface area contributed by atoms with Crippen molar-refractivity contribution in [3.05, 3.63) is 70.8 Å². The Labute approximate surface area is 101 Å². The third kappa shape index (κ3) is 2.52. The molecule has 0 aliphatic carbocycles. The van der Waals surface area contributed by atoms with Crippen molar-refractivity contribution in [2.24, 2.45) is 0 Å². The number of hydrogen-bond acceptors (Lipinski definition) is 2. The normalized spacial score (nSPS) is 11.8. The van der Waals surface area contributed by atoms with Crippen LogP contribution in [0.15, 0.2) is 48.5 Å². The summed E-state index contributed by atoms with van der Waals surface area (Å²) in [7, 11) is 0. The molecule has 2 aromatic carbocycles. The van der Waals surface area contributed by atoms with E-state index in [0.717, 1.165) is 11.1 Å². The number of benzene rings is 2. The van der Waals surface area contributed by atoms with Crippen LogP contribution in [0.5, 0.6) is 0 Å². The highest BCUT2D eigenvalue weighted by Gasteiger charge is 2.09. The van der Waals surface area contributed by atoms with Crippen LogP contribution in [-0.2, 0) is 0 Å². The Bertz CT molecular complexity index is 535. The van der Waals surface area contributed by atoms with Gasteiger partial charge in [-0.3, -0.25) is 0 Å². The van der Waals surface area contributed by atoms with Crippen LogP contribution < -0.4 is 0 Å². The Morgan fingerprint density at radius 3 is 1.88 bits per heavy atom. The van der Waals surface area contributed by atoms with Crippen LogP contribution >= 0.6 is 0 Å². The predicted octanol–water partition coefficient (Wildman–Crippen LogP) is 2.95. The summed E-state index contributed by atoms with van der Waals surface area (Å²) in [4.78, 5) is 0. The minimum absolute atomic E-state index is 0.602. The van der Waals surface area contributed by atoms with Gasteiger partial charge in [-0.25, -0.2) is 0 Å². The highest BCUT2D eigenvalue weighted by Crippen LogP contribution is 2.22. The van der Waals surface area contributed by atoms with Crippen molar-refractivity contribution in [3.63, 3.8) is 0 Å². The Hall–Kier alpha value is -2.11. The van der Waals surface area contributed by atoms with Crippen molar-refractivity contribution in [2.75, 3.05) is 0 Å². The molecule has 0 spiro atoms. The monoisotopic (exact) mass is 223 g/mol. The van der Waals surface area contributed by atoms with E-state index >= 15 is 0 Å². The Kier molecular flexibility index (Phi) is 3.22. The second-order valence-electron chi connectivity index (χ2n) is 4.05. The number of nitrogens with zero attached hydrogens (tertiary/aromatic N) is 1. The van der Waals surface area contributed by atoms with Gasteiger partial charge < -0.3 is 5.11 Å². The molecule has 1 atom stereocenters. The SMILES string of the molecule is Cc1ccc(C(O)c2ccc(C#N)cc2)cc1. The van der Waals surface area contributed by atoms with Crippen LogP contribution in [0.4, 0.5) is 0 Å². The Morgan fingerprint density at radius 1 is 0.941 bits per heavy atom. The first-order chi connectivity index (χ1) is 8.20. The molecule has 0 amide bonds. The molecule has 0 fully saturated rings. The zero-order valence-corrected chi connectivity index (χ0v) is 9.59. The fourth-order valence-corrected chi connectivity index (χ4v) is 1.68. The second kappa shape index (κ2) is 4.82.